The van der Waals surface area contributed by atoms with E-state index in [9.17, 15) is 4.39 Å². The molecule has 0 saturated heterocycles. The first-order valence-electron chi connectivity index (χ1n) is 3.40. The number of benzene rings is 1. The molecule has 3 heteroatoms. The summed E-state index contributed by atoms with van der Waals surface area (Å²) in [7, 11) is 1.55. The Morgan fingerprint density at radius 2 is 2.17 bits per heavy atom. The first-order valence-corrected chi connectivity index (χ1v) is 4.19. The van der Waals surface area contributed by atoms with E-state index in [4.69, 9.17) is 4.74 Å². The number of ether oxygens (including phenoxy) is 1. The minimum Gasteiger partial charge on any atom is -0.496 e. The highest BCUT2D eigenvalue weighted by Gasteiger charge is 1.98. The minimum absolute atomic E-state index is 0.410. The molecule has 0 amide bonds. The Bertz CT molecular complexity index is 292. The van der Waals surface area contributed by atoms with E-state index in [2.05, 4.69) is 15.9 Å². The fraction of sp³-hybridized carbons (Fsp3) is 0.111. The van der Waals surface area contributed by atoms with Gasteiger partial charge in [-0.3, -0.25) is 0 Å². The van der Waals surface area contributed by atoms with Crippen molar-refractivity contribution in [2.24, 2.45) is 0 Å². The van der Waals surface area contributed by atoms with E-state index in [-0.39, 0.29) is 0 Å². The lowest BCUT2D eigenvalue weighted by molar-refractivity contribution is 0.414. The molecule has 0 unspecified atom stereocenters. The van der Waals surface area contributed by atoms with E-state index < -0.39 is 4.74 Å². The summed E-state index contributed by atoms with van der Waals surface area (Å²) in [6, 6.07) is 7.22. The second-order valence-electron chi connectivity index (χ2n) is 2.18. The zero-order valence-electron chi connectivity index (χ0n) is 6.55. The maximum Gasteiger partial charge on any atom is 0.166 e. The van der Waals surface area contributed by atoms with E-state index in [1.54, 1.807) is 19.2 Å². The molecule has 0 aliphatic rings. The molecule has 0 atom stereocenters. The maximum absolute atomic E-state index is 12.4. The fourth-order valence-corrected chi connectivity index (χ4v) is 1.15. The Kier molecular flexibility index (Phi) is 3.29. The zero-order chi connectivity index (χ0) is 8.97. The van der Waals surface area contributed by atoms with Crippen LogP contribution in [0.4, 0.5) is 4.39 Å². The van der Waals surface area contributed by atoms with Crippen molar-refractivity contribution < 1.29 is 9.13 Å². The minimum atomic E-state index is -0.410. The molecule has 0 radical (unpaired) electrons. The Morgan fingerprint density at radius 1 is 1.50 bits per heavy atom. The molecule has 0 heterocycles. The van der Waals surface area contributed by atoms with Crippen LogP contribution in [-0.2, 0) is 0 Å². The average Bonchev–Trinajstić information content (AvgIpc) is 2.04. The van der Waals surface area contributed by atoms with Crippen LogP contribution in [0.3, 0.4) is 0 Å². The van der Waals surface area contributed by atoms with Gasteiger partial charge < -0.3 is 4.74 Å². The van der Waals surface area contributed by atoms with Crippen molar-refractivity contribution in [2.45, 2.75) is 0 Å². The van der Waals surface area contributed by atoms with Gasteiger partial charge in [0.15, 0.2) is 4.74 Å². The predicted octanol–water partition coefficient (Wildman–Crippen LogP) is 3.36. The number of halogens is 2. The van der Waals surface area contributed by atoms with Gasteiger partial charge in [0.05, 0.1) is 7.11 Å². The van der Waals surface area contributed by atoms with Crippen molar-refractivity contribution >= 4 is 22.0 Å². The van der Waals surface area contributed by atoms with E-state index in [1.807, 2.05) is 12.1 Å². The van der Waals surface area contributed by atoms with E-state index in [1.165, 1.54) is 6.08 Å². The smallest absolute Gasteiger partial charge is 0.166 e. The molecule has 0 aromatic heterocycles. The van der Waals surface area contributed by atoms with Crippen LogP contribution in [0.25, 0.3) is 6.08 Å². The third-order valence-corrected chi connectivity index (χ3v) is 1.63. The van der Waals surface area contributed by atoms with Crippen molar-refractivity contribution in [1.29, 1.82) is 0 Å². The van der Waals surface area contributed by atoms with Crippen molar-refractivity contribution in [1.82, 2.24) is 0 Å². The number of hydrogen-bond donors (Lipinski definition) is 0. The van der Waals surface area contributed by atoms with Crippen LogP contribution in [0.5, 0.6) is 5.75 Å². The standard InChI is InChI=1S/C9H8BrFO/c1-12-8-5-3-2-4-7(8)6-9(10)11/h2-6H,1H3/b9-6-. The van der Waals surface area contributed by atoms with Crippen LogP contribution in [0.1, 0.15) is 5.56 Å². The number of hydrogen-bond acceptors (Lipinski definition) is 1. The zero-order valence-corrected chi connectivity index (χ0v) is 8.14. The van der Waals surface area contributed by atoms with E-state index in [0.29, 0.717) is 5.75 Å². The van der Waals surface area contributed by atoms with Gasteiger partial charge >= 0.3 is 0 Å². The summed E-state index contributed by atoms with van der Waals surface area (Å²) in [6.07, 6.45) is 1.36. The van der Waals surface area contributed by atoms with E-state index in [0.717, 1.165) is 5.56 Å². The van der Waals surface area contributed by atoms with Crippen LogP contribution in [0.15, 0.2) is 29.0 Å². The molecule has 1 aromatic carbocycles. The number of para-hydroxylation sites is 1. The molecular weight excluding hydrogens is 223 g/mol. The van der Waals surface area contributed by atoms with Gasteiger partial charge in [-0.25, -0.2) is 0 Å². The quantitative estimate of drug-likeness (QED) is 0.758. The SMILES string of the molecule is COc1ccccc1/C=C(\F)Br. The summed E-state index contributed by atoms with van der Waals surface area (Å²) in [4.78, 5) is 0. The fourth-order valence-electron chi connectivity index (χ4n) is 0.903. The Labute approximate surface area is 79.0 Å². The normalized spacial score (nSPS) is 11.4. The average molecular weight is 231 g/mol. The van der Waals surface area contributed by atoms with E-state index >= 15 is 0 Å². The van der Waals surface area contributed by atoms with Gasteiger partial charge in [-0.2, -0.15) is 4.39 Å². The Morgan fingerprint density at radius 3 is 2.75 bits per heavy atom. The van der Waals surface area contributed by atoms with Crippen LogP contribution < -0.4 is 4.74 Å². The van der Waals surface area contributed by atoms with Crippen LogP contribution >= 0.6 is 15.9 Å². The lowest BCUT2D eigenvalue weighted by Crippen LogP contribution is -1.85. The topological polar surface area (TPSA) is 9.23 Å². The number of rotatable bonds is 2. The van der Waals surface area contributed by atoms with Crippen LogP contribution in [0.2, 0.25) is 0 Å². The van der Waals surface area contributed by atoms with Crippen LogP contribution in [0, 0.1) is 0 Å². The van der Waals surface area contributed by atoms with Gasteiger partial charge in [0.25, 0.3) is 0 Å². The summed E-state index contributed by atoms with van der Waals surface area (Å²) in [5, 5.41) is 0. The highest BCUT2D eigenvalue weighted by atomic mass is 79.9. The van der Waals surface area contributed by atoms with Gasteiger partial charge in [-0.15, -0.1) is 0 Å². The largest absolute Gasteiger partial charge is 0.496 e. The molecule has 0 saturated carbocycles. The van der Waals surface area contributed by atoms with Gasteiger partial charge in [0.2, 0.25) is 0 Å². The molecule has 0 aliphatic carbocycles. The molecule has 64 valence electrons. The van der Waals surface area contributed by atoms with Crippen molar-refractivity contribution in [3.05, 3.63) is 34.6 Å². The molecule has 12 heavy (non-hydrogen) atoms. The predicted molar refractivity (Wildman–Crippen MR) is 51.0 cm³/mol. The summed E-state index contributed by atoms with van der Waals surface area (Å²) in [5.74, 6) is 0.659. The van der Waals surface area contributed by atoms with Gasteiger partial charge in [0.1, 0.15) is 5.75 Å². The molecule has 0 fully saturated rings. The molecule has 0 bridgehead atoms. The maximum atomic E-state index is 12.4. The molecular formula is C9H8BrFO. The van der Waals surface area contributed by atoms with Gasteiger partial charge in [0, 0.05) is 5.56 Å². The third-order valence-electron chi connectivity index (χ3n) is 1.40. The molecule has 0 aliphatic heterocycles. The highest BCUT2D eigenvalue weighted by Crippen LogP contribution is 2.22. The first kappa shape index (κ1) is 9.26. The van der Waals surface area contributed by atoms with Crippen molar-refractivity contribution in [2.75, 3.05) is 7.11 Å². The highest BCUT2D eigenvalue weighted by molar-refractivity contribution is 9.11. The first-order chi connectivity index (χ1) is 5.74. The Hall–Kier alpha value is -0.830. The van der Waals surface area contributed by atoms with Gasteiger partial charge in [-0.05, 0) is 28.1 Å². The van der Waals surface area contributed by atoms with Crippen molar-refractivity contribution in [3.8, 4) is 5.75 Å². The summed E-state index contributed by atoms with van der Waals surface area (Å²) in [5.41, 5.74) is 0.717. The third kappa shape index (κ3) is 2.34. The lowest BCUT2D eigenvalue weighted by Gasteiger charge is -2.02. The molecule has 1 rings (SSSR count). The summed E-state index contributed by atoms with van der Waals surface area (Å²) < 4.78 is 17.0. The van der Waals surface area contributed by atoms with Crippen LogP contribution in [-0.4, -0.2) is 7.11 Å². The lowest BCUT2D eigenvalue weighted by atomic mass is 10.2. The summed E-state index contributed by atoms with van der Waals surface area (Å²) >= 11 is 2.71. The second-order valence-corrected chi connectivity index (χ2v) is 2.93. The summed E-state index contributed by atoms with van der Waals surface area (Å²) in [6.45, 7) is 0. The molecule has 1 nitrogen and oxygen atoms in total. The second kappa shape index (κ2) is 4.26. The number of methoxy groups -OCH3 is 1. The van der Waals surface area contributed by atoms with Crippen molar-refractivity contribution in [3.63, 3.8) is 0 Å². The van der Waals surface area contributed by atoms with Gasteiger partial charge in [-0.1, -0.05) is 18.2 Å². The monoisotopic (exact) mass is 230 g/mol. The Balaban J connectivity index is 3.05. The molecule has 0 spiro atoms. The molecule has 1 aromatic rings. The molecule has 0 N–H and O–H groups in total.